The van der Waals surface area contributed by atoms with Gasteiger partial charge in [0, 0.05) is 6.92 Å². The zero-order valence-electron chi connectivity index (χ0n) is 5.81. The molecular formula is C6H7F3O2. The highest BCUT2D eigenvalue weighted by atomic mass is 19.4. The lowest BCUT2D eigenvalue weighted by Crippen LogP contribution is -2.15. The zero-order chi connectivity index (χ0) is 8.65. The van der Waals surface area contributed by atoms with Crippen LogP contribution in [0.4, 0.5) is 13.2 Å². The third kappa shape index (κ3) is 2.10. The molecular weight excluding hydrogens is 161 g/mol. The van der Waals surface area contributed by atoms with Crippen LogP contribution in [0.25, 0.3) is 0 Å². The summed E-state index contributed by atoms with van der Waals surface area (Å²) in [6, 6.07) is 0. The van der Waals surface area contributed by atoms with Gasteiger partial charge in [0.05, 0.1) is 5.92 Å². The maximum absolute atomic E-state index is 11.7. The molecule has 0 N–H and O–H groups in total. The lowest BCUT2D eigenvalue weighted by molar-refractivity contribution is -0.163. The van der Waals surface area contributed by atoms with Gasteiger partial charge in [0.1, 0.15) is 6.10 Å². The highest BCUT2D eigenvalue weighted by molar-refractivity contribution is 5.66. The summed E-state index contributed by atoms with van der Waals surface area (Å²) in [6.07, 6.45) is -5.21. The lowest BCUT2D eigenvalue weighted by Gasteiger charge is -2.04. The molecule has 64 valence electrons. The van der Waals surface area contributed by atoms with Crippen LogP contribution in [-0.2, 0) is 9.53 Å². The maximum Gasteiger partial charge on any atom is 0.395 e. The minimum Gasteiger partial charge on any atom is -0.462 e. The Hall–Kier alpha value is -0.740. The van der Waals surface area contributed by atoms with Crippen molar-refractivity contribution in [2.45, 2.75) is 25.6 Å². The standard InChI is InChI=1S/C6H7F3O2/c1-3(10)11-5-2-4(5)6(7,8)9/h4-5H,2H2,1H3/t4-,5+/m1/s1. The Kier molecular flexibility index (Phi) is 1.82. The Balaban J connectivity index is 2.32. The maximum atomic E-state index is 11.7. The van der Waals surface area contributed by atoms with Crippen LogP contribution in [0.5, 0.6) is 0 Å². The number of halogens is 3. The molecule has 1 fully saturated rings. The molecule has 1 aliphatic carbocycles. The first kappa shape index (κ1) is 8.36. The molecule has 0 radical (unpaired) electrons. The van der Waals surface area contributed by atoms with Gasteiger partial charge in [-0.2, -0.15) is 13.2 Å². The number of esters is 1. The largest absolute Gasteiger partial charge is 0.462 e. The van der Waals surface area contributed by atoms with Gasteiger partial charge in [-0.1, -0.05) is 0 Å². The van der Waals surface area contributed by atoms with Crippen LogP contribution in [-0.4, -0.2) is 18.2 Å². The van der Waals surface area contributed by atoms with E-state index in [1.165, 1.54) is 0 Å². The van der Waals surface area contributed by atoms with Crippen LogP contribution in [0.2, 0.25) is 0 Å². The Morgan fingerprint density at radius 1 is 1.55 bits per heavy atom. The van der Waals surface area contributed by atoms with Crippen LogP contribution < -0.4 is 0 Å². The predicted octanol–water partition coefficient (Wildman–Crippen LogP) is 1.50. The van der Waals surface area contributed by atoms with Gasteiger partial charge in [-0.3, -0.25) is 4.79 Å². The summed E-state index contributed by atoms with van der Waals surface area (Å²) in [4.78, 5) is 10.2. The van der Waals surface area contributed by atoms with E-state index in [0.717, 1.165) is 6.92 Å². The van der Waals surface area contributed by atoms with E-state index >= 15 is 0 Å². The topological polar surface area (TPSA) is 26.3 Å². The number of hydrogen-bond donors (Lipinski definition) is 0. The van der Waals surface area contributed by atoms with Crippen molar-refractivity contribution in [3.05, 3.63) is 0 Å². The van der Waals surface area contributed by atoms with Crippen molar-refractivity contribution in [1.82, 2.24) is 0 Å². The zero-order valence-corrected chi connectivity index (χ0v) is 5.81. The van der Waals surface area contributed by atoms with E-state index < -0.39 is 24.2 Å². The molecule has 0 aromatic carbocycles. The van der Waals surface area contributed by atoms with Gasteiger partial charge in [-0.25, -0.2) is 0 Å². The van der Waals surface area contributed by atoms with Crippen molar-refractivity contribution in [2.24, 2.45) is 5.92 Å². The Bertz CT molecular complexity index is 175. The summed E-state index contributed by atoms with van der Waals surface area (Å²) in [7, 11) is 0. The summed E-state index contributed by atoms with van der Waals surface area (Å²) >= 11 is 0. The molecule has 0 aromatic rings. The predicted molar refractivity (Wildman–Crippen MR) is 29.7 cm³/mol. The fourth-order valence-electron chi connectivity index (χ4n) is 0.860. The fourth-order valence-corrected chi connectivity index (χ4v) is 0.860. The number of carbonyl (C=O) groups is 1. The Labute approximate surface area is 61.3 Å². The molecule has 0 spiro atoms. The molecule has 0 heterocycles. The van der Waals surface area contributed by atoms with E-state index in [9.17, 15) is 18.0 Å². The molecule has 0 bridgehead atoms. The molecule has 5 heteroatoms. The van der Waals surface area contributed by atoms with Gasteiger partial charge >= 0.3 is 12.1 Å². The normalized spacial score (nSPS) is 29.8. The summed E-state index contributed by atoms with van der Waals surface area (Å²) in [5.41, 5.74) is 0. The molecule has 0 aromatic heterocycles. The van der Waals surface area contributed by atoms with E-state index in [0.29, 0.717) is 0 Å². The first-order valence-corrected chi connectivity index (χ1v) is 3.15. The molecule has 11 heavy (non-hydrogen) atoms. The Morgan fingerprint density at radius 2 is 2.09 bits per heavy atom. The van der Waals surface area contributed by atoms with Gasteiger partial charge in [-0.05, 0) is 6.42 Å². The van der Waals surface area contributed by atoms with Crippen LogP contribution in [0, 0.1) is 5.92 Å². The minimum absolute atomic E-state index is 0.0803. The van der Waals surface area contributed by atoms with E-state index in [4.69, 9.17) is 0 Å². The molecule has 1 aliphatic rings. The van der Waals surface area contributed by atoms with Crippen molar-refractivity contribution >= 4 is 5.97 Å². The molecule has 1 saturated carbocycles. The molecule has 0 aliphatic heterocycles. The molecule has 0 unspecified atom stereocenters. The molecule has 1 rings (SSSR count). The molecule has 2 nitrogen and oxygen atoms in total. The van der Waals surface area contributed by atoms with Gasteiger partial charge in [0.2, 0.25) is 0 Å². The highest BCUT2D eigenvalue weighted by Crippen LogP contribution is 2.46. The fraction of sp³-hybridized carbons (Fsp3) is 0.833. The van der Waals surface area contributed by atoms with E-state index in [2.05, 4.69) is 4.74 Å². The Morgan fingerprint density at radius 3 is 2.36 bits per heavy atom. The smallest absolute Gasteiger partial charge is 0.395 e. The number of alkyl halides is 3. The van der Waals surface area contributed by atoms with Crippen molar-refractivity contribution in [2.75, 3.05) is 0 Å². The third-order valence-corrected chi connectivity index (χ3v) is 1.47. The second-order valence-electron chi connectivity index (χ2n) is 2.53. The van der Waals surface area contributed by atoms with E-state index in [-0.39, 0.29) is 6.42 Å². The van der Waals surface area contributed by atoms with Crippen molar-refractivity contribution in [3.8, 4) is 0 Å². The van der Waals surface area contributed by atoms with Crippen LogP contribution in [0.1, 0.15) is 13.3 Å². The first-order chi connectivity index (χ1) is 4.91. The second kappa shape index (κ2) is 2.39. The average Bonchev–Trinajstić information content (AvgIpc) is 2.40. The summed E-state index contributed by atoms with van der Waals surface area (Å²) in [6.45, 7) is 1.10. The van der Waals surface area contributed by atoms with Crippen molar-refractivity contribution in [3.63, 3.8) is 0 Å². The van der Waals surface area contributed by atoms with Crippen LogP contribution >= 0.6 is 0 Å². The average molecular weight is 168 g/mol. The van der Waals surface area contributed by atoms with Gasteiger partial charge in [0.15, 0.2) is 0 Å². The second-order valence-corrected chi connectivity index (χ2v) is 2.53. The molecule has 0 saturated heterocycles. The quantitative estimate of drug-likeness (QED) is 0.554. The number of rotatable bonds is 1. The molecule has 0 amide bonds. The van der Waals surface area contributed by atoms with Crippen molar-refractivity contribution in [1.29, 1.82) is 0 Å². The number of carbonyl (C=O) groups excluding carboxylic acids is 1. The highest BCUT2D eigenvalue weighted by Gasteiger charge is 2.58. The van der Waals surface area contributed by atoms with Gasteiger partial charge in [0.25, 0.3) is 0 Å². The summed E-state index contributed by atoms with van der Waals surface area (Å²) in [5, 5.41) is 0. The number of ether oxygens (including phenoxy) is 1. The van der Waals surface area contributed by atoms with E-state index in [1.807, 2.05) is 0 Å². The third-order valence-electron chi connectivity index (χ3n) is 1.47. The SMILES string of the molecule is CC(=O)O[C@H]1C[C@H]1C(F)(F)F. The molecule has 2 atom stereocenters. The van der Waals surface area contributed by atoms with Gasteiger partial charge in [-0.15, -0.1) is 0 Å². The first-order valence-electron chi connectivity index (χ1n) is 3.15. The van der Waals surface area contributed by atoms with Crippen LogP contribution in [0.3, 0.4) is 0 Å². The summed E-state index contributed by atoms with van der Waals surface area (Å²) in [5.74, 6) is -2.08. The van der Waals surface area contributed by atoms with Gasteiger partial charge < -0.3 is 4.74 Å². The summed E-state index contributed by atoms with van der Waals surface area (Å²) < 4.78 is 39.6. The van der Waals surface area contributed by atoms with E-state index in [1.54, 1.807) is 0 Å². The lowest BCUT2D eigenvalue weighted by atomic mass is 10.4. The monoisotopic (exact) mass is 168 g/mol. The minimum atomic E-state index is -4.21. The van der Waals surface area contributed by atoms with Crippen molar-refractivity contribution < 1.29 is 22.7 Å². The number of hydrogen-bond acceptors (Lipinski definition) is 2. The van der Waals surface area contributed by atoms with Crippen LogP contribution in [0.15, 0.2) is 0 Å².